The Hall–Kier alpha value is -4.55. The van der Waals surface area contributed by atoms with Gasteiger partial charge in [-0.1, -0.05) is 18.2 Å². The molecule has 0 aliphatic carbocycles. The van der Waals surface area contributed by atoms with E-state index in [0.29, 0.717) is 33.8 Å². The van der Waals surface area contributed by atoms with Gasteiger partial charge in [-0.05, 0) is 43.3 Å². The van der Waals surface area contributed by atoms with Crippen LogP contribution in [-0.4, -0.2) is 29.3 Å². The monoisotopic (exact) mass is 458 g/mol. The Morgan fingerprint density at radius 3 is 2.47 bits per heavy atom. The number of carbonyl (C=O) groups excluding carboxylic acids is 1. The Balaban J connectivity index is 1.62. The molecule has 0 aliphatic rings. The summed E-state index contributed by atoms with van der Waals surface area (Å²) < 4.78 is 17.7. The highest BCUT2D eigenvalue weighted by molar-refractivity contribution is 5.96. The Morgan fingerprint density at radius 2 is 1.79 bits per heavy atom. The van der Waals surface area contributed by atoms with Crippen LogP contribution in [0, 0.1) is 11.3 Å². The molecule has 2 aromatic carbocycles. The molecule has 1 N–H and O–H groups in total. The molecule has 9 nitrogen and oxygen atoms in total. The molecule has 0 radical (unpaired) electrons. The molecule has 0 unspecified atom stereocenters. The number of hydrogen-bond donors (Lipinski definition) is 1. The molecule has 4 rings (SSSR count). The predicted molar refractivity (Wildman–Crippen MR) is 124 cm³/mol. The van der Waals surface area contributed by atoms with Crippen LogP contribution in [0.25, 0.3) is 5.52 Å². The molecule has 172 valence electrons. The van der Waals surface area contributed by atoms with Gasteiger partial charge < -0.3 is 19.0 Å². The predicted octanol–water partition coefficient (Wildman–Crippen LogP) is 4.73. The lowest BCUT2D eigenvalue weighted by atomic mass is 10.1. The van der Waals surface area contributed by atoms with E-state index in [2.05, 4.69) is 16.6 Å². The minimum atomic E-state index is -0.501. The molecule has 0 aliphatic heterocycles. The molecule has 0 amide bonds. The quantitative estimate of drug-likeness (QED) is 0.283. The van der Waals surface area contributed by atoms with Crippen molar-refractivity contribution < 1.29 is 23.8 Å². The molecular formula is C25H22N4O5. The number of rotatable bonds is 9. The molecule has 9 heteroatoms. The van der Waals surface area contributed by atoms with Gasteiger partial charge in [0.05, 0.1) is 30.5 Å². The molecule has 0 fully saturated rings. The van der Waals surface area contributed by atoms with E-state index in [4.69, 9.17) is 19.0 Å². The van der Waals surface area contributed by atoms with Crippen LogP contribution < -0.4 is 15.1 Å². The van der Waals surface area contributed by atoms with Gasteiger partial charge in [-0.15, -0.1) is 0 Å². The molecule has 2 aromatic heterocycles. The zero-order valence-electron chi connectivity index (χ0n) is 18.6. The second-order valence-electron chi connectivity index (χ2n) is 7.10. The van der Waals surface area contributed by atoms with E-state index in [-0.39, 0.29) is 18.8 Å². The maximum atomic E-state index is 12.5. The molecule has 34 heavy (non-hydrogen) atoms. The molecule has 0 atom stereocenters. The number of aromatic nitrogens is 2. The number of ether oxygens (including phenoxy) is 3. The van der Waals surface area contributed by atoms with Crippen molar-refractivity contribution in [1.82, 2.24) is 9.61 Å². The lowest BCUT2D eigenvalue weighted by molar-refractivity contribution is 0.0522. The number of nitrogens with zero attached hydrogens (tertiary/aromatic N) is 3. The van der Waals surface area contributed by atoms with E-state index in [9.17, 15) is 10.1 Å². The average Bonchev–Trinajstić information content (AvgIpc) is 3.23. The first-order chi connectivity index (χ1) is 16.6. The topological polar surface area (TPSA) is 107 Å². The number of fused-ring (bicyclic) bond motifs is 1. The van der Waals surface area contributed by atoms with Crippen molar-refractivity contribution in [2.75, 3.05) is 19.2 Å². The molecule has 4 aromatic rings. The van der Waals surface area contributed by atoms with E-state index >= 15 is 0 Å². The Labute approximate surface area is 196 Å². The van der Waals surface area contributed by atoms with E-state index in [1.807, 2.05) is 30.3 Å². The Morgan fingerprint density at radius 1 is 1.09 bits per heavy atom. The van der Waals surface area contributed by atoms with Crippen molar-refractivity contribution in [3.63, 3.8) is 0 Å². The number of carbonyl (C=O) groups is 1. The number of methoxy groups -OCH3 is 1. The van der Waals surface area contributed by atoms with Gasteiger partial charge in [-0.25, -0.2) is 14.8 Å². The van der Waals surface area contributed by atoms with Crippen molar-refractivity contribution >= 4 is 17.2 Å². The largest absolute Gasteiger partial charge is 0.462 e. The fraction of sp³-hybridized carbons (Fsp3) is 0.160. The summed E-state index contributed by atoms with van der Waals surface area (Å²) in [6.45, 7) is 2.07. The normalized spacial score (nSPS) is 10.5. The maximum absolute atomic E-state index is 12.5. The maximum Gasteiger partial charge on any atom is 0.340 e. The third kappa shape index (κ3) is 4.77. The molecule has 0 spiro atoms. The molecular weight excluding hydrogens is 436 g/mol. The van der Waals surface area contributed by atoms with E-state index < -0.39 is 5.97 Å². The number of hydrogen-bond acceptors (Lipinski definition) is 8. The van der Waals surface area contributed by atoms with Gasteiger partial charge in [-0.3, -0.25) is 0 Å². The second-order valence-corrected chi connectivity index (χ2v) is 7.10. The standard InChI is InChI=1S/C25H22N4O5/c1-3-32-25(30)21-15-29-24(22(21)16-31-2)23(17(13-26)14-27-29)28-34-20-11-9-19(10-12-20)33-18-7-5-4-6-8-18/h4-12,14-15,28H,3,16H2,1-2H3. The van der Waals surface area contributed by atoms with Crippen LogP contribution in [0.5, 0.6) is 17.2 Å². The number of para-hydroxylation sites is 1. The van der Waals surface area contributed by atoms with Crippen molar-refractivity contribution in [3.8, 4) is 23.3 Å². The van der Waals surface area contributed by atoms with Crippen molar-refractivity contribution in [2.45, 2.75) is 13.5 Å². The van der Waals surface area contributed by atoms with Gasteiger partial charge >= 0.3 is 5.97 Å². The van der Waals surface area contributed by atoms with Gasteiger partial charge in [0.2, 0.25) is 0 Å². The van der Waals surface area contributed by atoms with Crippen LogP contribution in [0.15, 0.2) is 67.0 Å². The van der Waals surface area contributed by atoms with Crippen LogP contribution >= 0.6 is 0 Å². The smallest absolute Gasteiger partial charge is 0.340 e. The second kappa shape index (κ2) is 10.4. The highest BCUT2D eigenvalue weighted by atomic mass is 16.6. The van der Waals surface area contributed by atoms with Gasteiger partial charge in [0, 0.05) is 18.9 Å². The first-order valence-electron chi connectivity index (χ1n) is 10.5. The zero-order chi connectivity index (χ0) is 23.9. The van der Waals surface area contributed by atoms with Gasteiger partial charge in [0.25, 0.3) is 0 Å². The molecule has 0 saturated heterocycles. The third-order valence-corrected chi connectivity index (χ3v) is 4.89. The lowest BCUT2D eigenvalue weighted by Crippen LogP contribution is -2.10. The van der Waals surface area contributed by atoms with Crippen LogP contribution in [-0.2, 0) is 16.1 Å². The first kappa shape index (κ1) is 22.6. The Kier molecular flexibility index (Phi) is 6.91. The first-order valence-corrected chi connectivity index (χ1v) is 10.5. The summed E-state index contributed by atoms with van der Waals surface area (Å²) in [5.74, 6) is 1.36. The van der Waals surface area contributed by atoms with Crippen LogP contribution in [0.1, 0.15) is 28.4 Å². The van der Waals surface area contributed by atoms with Crippen LogP contribution in [0.3, 0.4) is 0 Å². The zero-order valence-corrected chi connectivity index (χ0v) is 18.6. The number of esters is 1. The van der Waals surface area contributed by atoms with Gasteiger partial charge in [0.15, 0.2) is 5.75 Å². The summed E-state index contributed by atoms with van der Waals surface area (Å²) in [5.41, 5.74) is 4.75. The summed E-state index contributed by atoms with van der Waals surface area (Å²) >= 11 is 0. The highest BCUT2D eigenvalue weighted by Crippen LogP contribution is 2.30. The highest BCUT2D eigenvalue weighted by Gasteiger charge is 2.23. The van der Waals surface area contributed by atoms with Gasteiger partial charge in [-0.2, -0.15) is 10.4 Å². The SMILES string of the molecule is CCOC(=O)c1cn2ncc(C#N)c(NOc3ccc(Oc4ccccc4)cc3)c2c1COC. The minimum Gasteiger partial charge on any atom is -0.462 e. The van der Waals surface area contributed by atoms with Crippen LogP contribution in [0.2, 0.25) is 0 Å². The molecule has 2 heterocycles. The number of nitrogens with one attached hydrogen (secondary N) is 1. The number of anilines is 1. The summed E-state index contributed by atoms with van der Waals surface area (Å²) in [5, 5.41) is 13.9. The summed E-state index contributed by atoms with van der Waals surface area (Å²) in [4.78, 5) is 18.2. The Bertz CT molecular complexity index is 1330. The van der Waals surface area contributed by atoms with Gasteiger partial charge in [0.1, 0.15) is 28.8 Å². The van der Waals surface area contributed by atoms with Crippen molar-refractivity contribution in [3.05, 3.63) is 83.7 Å². The summed E-state index contributed by atoms with van der Waals surface area (Å²) in [7, 11) is 1.52. The summed E-state index contributed by atoms with van der Waals surface area (Å²) in [6, 6.07) is 18.5. The lowest BCUT2D eigenvalue weighted by Gasteiger charge is -2.13. The third-order valence-electron chi connectivity index (χ3n) is 4.89. The van der Waals surface area contributed by atoms with E-state index in [0.717, 1.165) is 5.75 Å². The molecule has 0 saturated carbocycles. The fourth-order valence-electron chi connectivity index (χ4n) is 3.37. The van der Waals surface area contributed by atoms with E-state index in [1.54, 1.807) is 37.4 Å². The summed E-state index contributed by atoms with van der Waals surface area (Å²) in [6.07, 6.45) is 2.94. The van der Waals surface area contributed by atoms with E-state index in [1.165, 1.54) is 17.8 Å². The minimum absolute atomic E-state index is 0.113. The van der Waals surface area contributed by atoms with Crippen molar-refractivity contribution in [2.24, 2.45) is 0 Å². The molecule has 0 bridgehead atoms. The fourth-order valence-corrected chi connectivity index (χ4v) is 3.37. The number of benzene rings is 2. The van der Waals surface area contributed by atoms with Crippen molar-refractivity contribution in [1.29, 1.82) is 5.26 Å². The van der Waals surface area contributed by atoms with Crippen LogP contribution in [0.4, 0.5) is 5.69 Å². The average molecular weight is 458 g/mol. The number of nitriles is 1.